The molecule has 1 nitrogen and oxygen atoms in total. The number of rotatable bonds is 5. The number of hydrogen-bond acceptors (Lipinski definition) is 1. The van der Waals surface area contributed by atoms with E-state index < -0.39 is 0 Å². The van der Waals surface area contributed by atoms with Gasteiger partial charge in [0, 0.05) is 6.04 Å². The standard InChI is InChI=1S/C9H10.C7H16.C3H7N.C2H6/c1-2-6-9-7-4-3-5-8-9;1-3-5-7-6-4-2;4-3-1-2-3;1-2/h2-8H,1H3;3-7H2,1-2H3;3H,1-2,4H2;1-2H3/b6-2-;;;. The number of benzene rings is 1. The lowest BCUT2D eigenvalue weighted by Gasteiger charge is -1.90. The van der Waals surface area contributed by atoms with Crippen LogP contribution in [0.3, 0.4) is 0 Å². The van der Waals surface area contributed by atoms with Gasteiger partial charge in [-0.1, -0.05) is 102 Å². The molecule has 0 aliphatic heterocycles. The Morgan fingerprint density at radius 3 is 1.73 bits per heavy atom. The summed E-state index contributed by atoms with van der Waals surface area (Å²) in [6.45, 7) is 10.5. The maximum absolute atomic E-state index is 5.22. The van der Waals surface area contributed by atoms with Gasteiger partial charge in [-0.15, -0.1) is 0 Å². The number of hydrogen-bond donors (Lipinski definition) is 1. The second-order valence-corrected chi connectivity index (χ2v) is 5.31. The molecule has 22 heavy (non-hydrogen) atoms. The van der Waals surface area contributed by atoms with Gasteiger partial charge in [-0.25, -0.2) is 0 Å². The molecule has 0 aromatic heterocycles. The lowest BCUT2D eigenvalue weighted by atomic mass is 10.2. The summed E-state index contributed by atoms with van der Waals surface area (Å²) < 4.78 is 0. The number of nitrogens with two attached hydrogens (primary N) is 1. The minimum Gasteiger partial charge on any atom is -0.328 e. The first-order valence-electron chi connectivity index (χ1n) is 9.17. The van der Waals surface area contributed by atoms with E-state index in [-0.39, 0.29) is 0 Å². The predicted molar refractivity (Wildman–Crippen MR) is 104 cm³/mol. The smallest absolute Gasteiger partial charge is 0.00399 e. The largest absolute Gasteiger partial charge is 0.328 e. The molecule has 0 heterocycles. The van der Waals surface area contributed by atoms with E-state index in [1.807, 2.05) is 45.0 Å². The van der Waals surface area contributed by atoms with Gasteiger partial charge in [0.15, 0.2) is 0 Å². The van der Waals surface area contributed by atoms with Gasteiger partial charge in [0.05, 0.1) is 0 Å². The van der Waals surface area contributed by atoms with Gasteiger partial charge >= 0.3 is 0 Å². The summed E-state index contributed by atoms with van der Waals surface area (Å²) in [6, 6.07) is 10.8. The molecular weight excluding hydrogens is 266 g/mol. The van der Waals surface area contributed by atoms with Gasteiger partial charge in [-0.05, 0) is 25.3 Å². The van der Waals surface area contributed by atoms with Gasteiger partial charge in [0.2, 0.25) is 0 Å². The van der Waals surface area contributed by atoms with E-state index in [2.05, 4.69) is 32.1 Å². The molecule has 0 unspecified atom stereocenters. The molecule has 128 valence electrons. The van der Waals surface area contributed by atoms with Crippen LogP contribution in [-0.4, -0.2) is 6.04 Å². The monoisotopic (exact) mass is 305 g/mol. The van der Waals surface area contributed by atoms with E-state index in [1.54, 1.807) is 0 Å². The van der Waals surface area contributed by atoms with Crippen LogP contribution in [0.1, 0.15) is 85.1 Å². The van der Waals surface area contributed by atoms with Crippen LogP contribution < -0.4 is 5.73 Å². The Kier molecular flexibility index (Phi) is 21.0. The molecule has 1 heteroatoms. The van der Waals surface area contributed by atoms with Crippen molar-refractivity contribution in [2.24, 2.45) is 5.73 Å². The van der Waals surface area contributed by atoms with Crippen molar-refractivity contribution in [1.82, 2.24) is 0 Å². The third-order valence-corrected chi connectivity index (χ3v) is 2.99. The zero-order valence-electron chi connectivity index (χ0n) is 15.6. The van der Waals surface area contributed by atoms with Crippen LogP contribution in [0.15, 0.2) is 36.4 Å². The molecule has 0 saturated heterocycles. The normalized spacial score (nSPS) is 12.3. The van der Waals surface area contributed by atoms with E-state index in [4.69, 9.17) is 5.73 Å². The molecule has 1 fully saturated rings. The van der Waals surface area contributed by atoms with Gasteiger partial charge in [-0.3, -0.25) is 0 Å². The van der Waals surface area contributed by atoms with Gasteiger partial charge in [0.1, 0.15) is 0 Å². The zero-order chi connectivity index (χ0) is 17.1. The van der Waals surface area contributed by atoms with Crippen LogP contribution in [0.5, 0.6) is 0 Å². The average Bonchev–Trinajstić information content (AvgIpc) is 3.35. The highest BCUT2D eigenvalue weighted by Gasteiger charge is 2.13. The van der Waals surface area contributed by atoms with E-state index in [0.717, 1.165) is 0 Å². The van der Waals surface area contributed by atoms with Crippen molar-refractivity contribution in [3.05, 3.63) is 42.0 Å². The molecule has 0 amide bonds. The molecule has 0 bridgehead atoms. The minimum absolute atomic E-state index is 0.583. The summed E-state index contributed by atoms with van der Waals surface area (Å²) >= 11 is 0. The quantitative estimate of drug-likeness (QED) is 0.593. The molecule has 1 aliphatic rings. The molecule has 0 spiro atoms. The van der Waals surface area contributed by atoms with Crippen molar-refractivity contribution >= 4 is 6.08 Å². The highest BCUT2D eigenvalue weighted by molar-refractivity contribution is 5.47. The third-order valence-electron chi connectivity index (χ3n) is 2.99. The lowest BCUT2D eigenvalue weighted by molar-refractivity contribution is 0.656. The van der Waals surface area contributed by atoms with Gasteiger partial charge in [0.25, 0.3) is 0 Å². The van der Waals surface area contributed by atoms with E-state index in [0.29, 0.717) is 6.04 Å². The molecule has 1 aliphatic carbocycles. The fourth-order valence-electron chi connectivity index (χ4n) is 1.53. The summed E-state index contributed by atoms with van der Waals surface area (Å²) in [7, 11) is 0. The van der Waals surface area contributed by atoms with Crippen molar-refractivity contribution in [3.63, 3.8) is 0 Å². The summed E-state index contributed by atoms with van der Waals surface area (Å²) in [6.07, 6.45) is 13.7. The Hall–Kier alpha value is -1.08. The molecule has 1 saturated carbocycles. The van der Waals surface area contributed by atoms with Gasteiger partial charge in [-0.2, -0.15) is 0 Å². The maximum atomic E-state index is 5.22. The summed E-state index contributed by atoms with van der Waals surface area (Å²) in [5.41, 5.74) is 6.49. The Morgan fingerprint density at radius 2 is 1.41 bits per heavy atom. The maximum Gasteiger partial charge on any atom is 0.00399 e. The zero-order valence-corrected chi connectivity index (χ0v) is 15.6. The fourth-order valence-corrected chi connectivity index (χ4v) is 1.53. The molecular formula is C21H39N. The lowest BCUT2D eigenvalue weighted by Crippen LogP contribution is -1.94. The van der Waals surface area contributed by atoms with Crippen molar-refractivity contribution in [1.29, 1.82) is 0 Å². The summed E-state index contributed by atoms with van der Waals surface area (Å²) in [4.78, 5) is 0. The summed E-state index contributed by atoms with van der Waals surface area (Å²) in [5, 5.41) is 0. The van der Waals surface area contributed by atoms with Crippen LogP contribution >= 0.6 is 0 Å². The SMILES string of the molecule is C/C=C\c1ccccc1.CC.CCCCCCC.NC1CC1. The molecule has 2 N–H and O–H groups in total. The van der Waals surface area contributed by atoms with E-state index >= 15 is 0 Å². The molecule has 0 atom stereocenters. The highest BCUT2D eigenvalue weighted by atomic mass is 14.7. The average molecular weight is 306 g/mol. The van der Waals surface area contributed by atoms with Crippen molar-refractivity contribution in [2.75, 3.05) is 0 Å². The van der Waals surface area contributed by atoms with Crippen LogP contribution in [0.2, 0.25) is 0 Å². The molecule has 1 aromatic rings. The van der Waals surface area contributed by atoms with Crippen LogP contribution in [0.25, 0.3) is 6.08 Å². The summed E-state index contributed by atoms with van der Waals surface area (Å²) in [5.74, 6) is 0. The first-order chi connectivity index (χ1) is 10.7. The molecule has 1 aromatic carbocycles. The van der Waals surface area contributed by atoms with Crippen LogP contribution in [-0.2, 0) is 0 Å². The second kappa shape index (κ2) is 19.9. The third kappa shape index (κ3) is 21.2. The Bertz CT molecular complexity index is 308. The van der Waals surface area contributed by atoms with E-state index in [1.165, 1.54) is 50.5 Å². The highest BCUT2D eigenvalue weighted by Crippen LogP contribution is 2.13. The van der Waals surface area contributed by atoms with Gasteiger partial charge < -0.3 is 5.73 Å². The predicted octanol–water partition coefficient (Wildman–Crippen LogP) is 6.83. The molecule has 0 radical (unpaired) electrons. The first kappa shape index (κ1) is 23.2. The van der Waals surface area contributed by atoms with Crippen LogP contribution in [0.4, 0.5) is 0 Å². The second-order valence-electron chi connectivity index (χ2n) is 5.31. The first-order valence-corrected chi connectivity index (χ1v) is 9.17. The number of allylic oxidation sites excluding steroid dienone is 1. The van der Waals surface area contributed by atoms with Crippen molar-refractivity contribution < 1.29 is 0 Å². The Morgan fingerprint density at radius 1 is 0.955 bits per heavy atom. The van der Waals surface area contributed by atoms with Crippen LogP contribution in [0, 0.1) is 0 Å². The Balaban J connectivity index is 0. The molecule has 2 rings (SSSR count). The topological polar surface area (TPSA) is 26.0 Å². The van der Waals surface area contributed by atoms with Crippen molar-refractivity contribution in [3.8, 4) is 0 Å². The van der Waals surface area contributed by atoms with Crippen molar-refractivity contribution in [2.45, 2.75) is 85.6 Å². The Labute approximate surface area is 140 Å². The number of unbranched alkanes of at least 4 members (excludes halogenated alkanes) is 4. The fraction of sp³-hybridized carbons (Fsp3) is 0.619. The van der Waals surface area contributed by atoms with E-state index in [9.17, 15) is 0 Å². The minimum atomic E-state index is 0.583.